The molecule has 8 heteroatoms. The van der Waals surface area contributed by atoms with E-state index in [4.69, 9.17) is 4.74 Å². The minimum Gasteiger partial charge on any atom is -0.494 e. The topological polar surface area (TPSA) is 66.9 Å². The molecule has 3 aromatic rings. The number of methoxy groups -OCH3 is 1. The summed E-state index contributed by atoms with van der Waals surface area (Å²) in [7, 11) is -0.783. The maximum absolute atomic E-state index is 14.0. The molecule has 0 atom stereocenters. The van der Waals surface area contributed by atoms with Gasteiger partial charge in [-0.3, -0.25) is 4.79 Å². The highest BCUT2D eigenvalue weighted by Gasteiger charge is 2.29. The van der Waals surface area contributed by atoms with E-state index in [1.54, 1.807) is 25.2 Å². The number of benzene rings is 3. The van der Waals surface area contributed by atoms with Gasteiger partial charge >= 0.3 is 0 Å². The van der Waals surface area contributed by atoms with Crippen molar-refractivity contribution in [2.75, 3.05) is 20.7 Å². The summed E-state index contributed by atoms with van der Waals surface area (Å²) in [5.41, 5.74) is 3.00. The highest BCUT2D eigenvalue weighted by molar-refractivity contribution is 7.89. The lowest BCUT2D eigenvalue weighted by atomic mass is 10.0. The van der Waals surface area contributed by atoms with Crippen molar-refractivity contribution in [3.63, 3.8) is 0 Å². The smallest absolute Gasteiger partial charge is 0.253 e. The van der Waals surface area contributed by atoms with Gasteiger partial charge in [0.2, 0.25) is 10.0 Å². The molecule has 172 valence electrons. The van der Waals surface area contributed by atoms with Crippen LogP contribution in [-0.2, 0) is 29.5 Å². The first-order valence-corrected chi connectivity index (χ1v) is 12.0. The fraction of sp³-hybridized carbons (Fsp3) is 0.240. The Bertz CT molecular complexity index is 1290. The van der Waals surface area contributed by atoms with E-state index in [0.29, 0.717) is 25.1 Å². The van der Waals surface area contributed by atoms with Crippen LogP contribution in [0.3, 0.4) is 0 Å². The lowest BCUT2D eigenvalue weighted by molar-refractivity contribution is 0.0784. The van der Waals surface area contributed by atoms with E-state index in [1.807, 2.05) is 24.3 Å². The Labute approximate surface area is 193 Å². The number of halogens is 1. The van der Waals surface area contributed by atoms with E-state index in [9.17, 15) is 17.6 Å². The number of carbonyl (C=O) groups is 1. The van der Waals surface area contributed by atoms with Gasteiger partial charge in [-0.25, -0.2) is 12.8 Å². The second-order valence-corrected chi connectivity index (χ2v) is 9.95. The molecular weight excluding hydrogens is 443 g/mol. The van der Waals surface area contributed by atoms with Gasteiger partial charge in [0.1, 0.15) is 0 Å². The van der Waals surface area contributed by atoms with Gasteiger partial charge in [0, 0.05) is 32.2 Å². The molecule has 4 rings (SSSR count). The van der Waals surface area contributed by atoms with Crippen molar-refractivity contribution in [2.24, 2.45) is 0 Å². The quantitative estimate of drug-likeness (QED) is 0.551. The van der Waals surface area contributed by atoms with Crippen LogP contribution in [0.5, 0.6) is 5.75 Å². The summed E-state index contributed by atoms with van der Waals surface area (Å²) in [4.78, 5) is 14.5. The van der Waals surface area contributed by atoms with Crippen LogP contribution >= 0.6 is 0 Å². The highest BCUT2D eigenvalue weighted by Crippen LogP contribution is 2.26. The first-order valence-electron chi connectivity index (χ1n) is 10.5. The molecular formula is C25H25FN2O4S. The SMILES string of the molecule is COc1ccc(CN(C)C(=O)c2cccc(S(=O)(=O)N3CCc4ccccc4C3)c2)cc1F. The van der Waals surface area contributed by atoms with E-state index < -0.39 is 15.8 Å². The Morgan fingerprint density at radius 2 is 1.82 bits per heavy atom. The van der Waals surface area contributed by atoms with Crippen molar-refractivity contribution >= 4 is 15.9 Å². The number of hydrogen-bond acceptors (Lipinski definition) is 4. The predicted molar refractivity (Wildman–Crippen MR) is 123 cm³/mol. The lowest BCUT2D eigenvalue weighted by Gasteiger charge is -2.28. The Morgan fingerprint density at radius 3 is 2.55 bits per heavy atom. The van der Waals surface area contributed by atoms with E-state index in [2.05, 4.69) is 0 Å². The summed E-state index contributed by atoms with van der Waals surface area (Å²) < 4.78 is 46.9. The molecule has 0 aliphatic carbocycles. The fourth-order valence-corrected chi connectivity index (χ4v) is 5.45. The van der Waals surface area contributed by atoms with Gasteiger partial charge in [0.05, 0.1) is 12.0 Å². The maximum Gasteiger partial charge on any atom is 0.253 e. The van der Waals surface area contributed by atoms with Gasteiger partial charge in [-0.05, 0) is 53.4 Å². The number of fused-ring (bicyclic) bond motifs is 1. The summed E-state index contributed by atoms with van der Waals surface area (Å²) in [5, 5.41) is 0. The van der Waals surface area contributed by atoms with Crippen molar-refractivity contribution in [3.05, 3.63) is 94.8 Å². The molecule has 0 saturated heterocycles. The number of carbonyl (C=O) groups excluding carboxylic acids is 1. The van der Waals surface area contributed by atoms with Crippen LogP contribution in [0.2, 0.25) is 0 Å². The predicted octanol–water partition coefficient (Wildman–Crippen LogP) is 3.85. The van der Waals surface area contributed by atoms with Gasteiger partial charge in [-0.15, -0.1) is 0 Å². The molecule has 0 radical (unpaired) electrons. The number of amides is 1. The molecule has 0 unspecified atom stereocenters. The van der Waals surface area contributed by atoms with Crippen LogP contribution in [0, 0.1) is 5.82 Å². The molecule has 0 fully saturated rings. The number of rotatable bonds is 6. The molecule has 0 bridgehead atoms. The lowest BCUT2D eigenvalue weighted by Crippen LogP contribution is -2.36. The normalized spacial score (nSPS) is 13.9. The molecule has 1 amide bonds. The van der Waals surface area contributed by atoms with Crippen LogP contribution < -0.4 is 4.74 Å². The van der Waals surface area contributed by atoms with Crippen LogP contribution in [0.15, 0.2) is 71.6 Å². The number of nitrogens with zero attached hydrogens (tertiary/aromatic N) is 2. The molecule has 0 N–H and O–H groups in total. The summed E-state index contributed by atoms with van der Waals surface area (Å²) in [6, 6.07) is 18.4. The van der Waals surface area contributed by atoms with E-state index >= 15 is 0 Å². The molecule has 0 aromatic heterocycles. The molecule has 1 aliphatic rings. The van der Waals surface area contributed by atoms with Crippen LogP contribution in [-0.4, -0.2) is 44.2 Å². The van der Waals surface area contributed by atoms with E-state index in [1.165, 1.54) is 40.6 Å². The van der Waals surface area contributed by atoms with Gasteiger partial charge in [-0.1, -0.05) is 36.4 Å². The van der Waals surface area contributed by atoms with Crippen molar-refractivity contribution in [2.45, 2.75) is 24.4 Å². The Kier molecular flexibility index (Phi) is 6.49. The van der Waals surface area contributed by atoms with Gasteiger partial charge in [-0.2, -0.15) is 4.31 Å². The van der Waals surface area contributed by atoms with Gasteiger partial charge < -0.3 is 9.64 Å². The monoisotopic (exact) mass is 468 g/mol. The van der Waals surface area contributed by atoms with Crippen molar-refractivity contribution in [1.29, 1.82) is 0 Å². The largest absolute Gasteiger partial charge is 0.494 e. The molecule has 0 saturated carbocycles. The standard InChI is InChI=1S/C25H25FN2O4S/c1-27(16-18-10-11-24(32-2)23(26)14-18)25(29)20-8-5-9-22(15-20)33(30,31)28-13-12-19-6-3-4-7-21(19)17-28/h3-11,14-15H,12-13,16-17H2,1-2H3. The zero-order chi connectivity index (χ0) is 23.6. The Hall–Kier alpha value is -3.23. The van der Waals surface area contributed by atoms with Crippen LogP contribution in [0.4, 0.5) is 4.39 Å². The van der Waals surface area contributed by atoms with E-state index in [0.717, 1.165) is 11.1 Å². The third-order valence-electron chi connectivity index (χ3n) is 5.80. The average Bonchev–Trinajstić information content (AvgIpc) is 2.83. The zero-order valence-corrected chi connectivity index (χ0v) is 19.3. The Morgan fingerprint density at radius 1 is 1.06 bits per heavy atom. The fourth-order valence-electron chi connectivity index (χ4n) is 3.99. The third-order valence-corrected chi connectivity index (χ3v) is 7.64. The van der Waals surface area contributed by atoms with Crippen LogP contribution in [0.1, 0.15) is 27.0 Å². The van der Waals surface area contributed by atoms with Gasteiger partial charge in [0.25, 0.3) is 5.91 Å². The van der Waals surface area contributed by atoms with Crippen molar-refractivity contribution in [1.82, 2.24) is 9.21 Å². The highest BCUT2D eigenvalue weighted by atomic mass is 32.2. The number of sulfonamides is 1. The Balaban J connectivity index is 1.52. The first kappa shape index (κ1) is 22.9. The summed E-state index contributed by atoms with van der Waals surface area (Å²) >= 11 is 0. The van der Waals surface area contributed by atoms with Crippen molar-refractivity contribution in [3.8, 4) is 5.75 Å². The zero-order valence-electron chi connectivity index (χ0n) is 18.5. The molecule has 33 heavy (non-hydrogen) atoms. The molecule has 1 heterocycles. The minimum atomic E-state index is -3.76. The van der Waals surface area contributed by atoms with Crippen LogP contribution in [0.25, 0.3) is 0 Å². The second kappa shape index (κ2) is 9.33. The molecule has 1 aliphatic heterocycles. The summed E-state index contributed by atoms with van der Waals surface area (Å²) in [6.45, 7) is 0.861. The maximum atomic E-state index is 14.0. The molecule has 0 spiro atoms. The number of ether oxygens (including phenoxy) is 1. The van der Waals surface area contributed by atoms with Gasteiger partial charge in [0.15, 0.2) is 11.6 Å². The molecule has 3 aromatic carbocycles. The first-order chi connectivity index (χ1) is 15.8. The second-order valence-electron chi connectivity index (χ2n) is 8.02. The van der Waals surface area contributed by atoms with E-state index in [-0.39, 0.29) is 28.7 Å². The summed E-state index contributed by atoms with van der Waals surface area (Å²) in [6.07, 6.45) is 0.648. The summed E-state index contributed by atoms with van der Waals surface area (Å²) in [5.74, 6) is -0.731. The van der Waals surface area contributed by atoms with Crippen molar-refractivity contribution < 1.29 is 22.3 Å². The average molecular weight is 469 g/mol. The number of hydrogen-bond donors (Lipinski definition) is 0. The molecule has 6 nitrogen and oxygen atoms in total. The third kappa shape index (κ3) is 4.77. The minimum absolute atomic E-state index is 0.0802.